The largest absolute Gasteiger partial charge is 0.493 e. The highest BCUT2D eigenvalue weighted by Gasteiger charge is 2.33. The number of esters is 1. The Bertz CT molecular complexity index is 1630. The summed E-state index contributed by atoms with van der Waals surface area (Å²) in [5.74, 6) is 1.80. The van der Waals surface area contributed by atoms with Crippen LogP contribution in [0.25, 0.3) is 11.1 Å². The normalized spacial score (nSPS) is 21.9. The lowest BCUT2D eigenvalue weighted by Gasteiger charge is -2.19. The molecule has 1 saturated heterocycles. The van der Waals surface area contributed by atoms with Crippen LogP contribution in [0.4, 0.5) is 4.39 Å². The highest BCUT2D eigenvalue weighted by Crippen LogP contribution is 2.45. The van der Waals surface area contributed by atoms with Gasteiger partial charge >= 0.3 is 5.97 Å². The number of sulfone groups is 1. The third-order valence-electron chi connectivity index (χ3n) is 8.65. The molecule has 1 fully saturated rings. The first kappa shape index (κ1) is 28.5. The molecule has 1 unspecified atom stereocenters. The summed E-state index contributed by atoms with van der Waals surface area (Å²) in [4.78, 5) is 11.7. The van der Waals surface area contributed by atoms with Crippen LogP contribution in [0.5, 0.6) is 17.2 Å². The molecule has 3 aromatic rings. The van der Waals surface area contributed by atoms with Gasteiger partial charge in [0.05, 0.1) is 38.3 Å². The van der Waals surface area contributed by atoms with Crippen molar-refractivity contribution in [3.05, 3.63) is 76.1 Å². The molecule has 0 aromatic heterocycles. The zero-order valence-corrected chi connectivity index (χ0v) is 24.9. The minimum absolute atomic E-state index is 0.0195. The number of rotatable bonds is 8. The highest BCUT2D eigenvalue weighted by atomic mass is 32.2. The fourth-order valence-electron chi connectivity index (χ4n) is 6.62. The second kappa shape index (κ2) is 11.2. The van der Waals surface area contributed by atoms with Crippen LogP contribution in [0.2, 0.25) is 0 Å². The van der Waals surface area contributed by atoms with Crippen LogP contribution in [-0.2, 0) is 25.8 Å². The van der Waals surface area contributed by atoms with Gasteiger partial charge < -0.3 is 18.9 Å². The Morgan fingerprint density at radius 3 is 2.55 bits per heavy atom. The van der Waals surface area contributed by atoms with Crippen LogP contribution in [-0.4, -0.2) is 46.2 Å². The third-order valence-corrected chi connectivity index (χ3v) is 10.5. The number of ether oxygens (including phenoxy) is 4. The minimum atomic E-state index is -2.95. The Kier molecular flexibility index (Phi) is 7.64. The summed E-state index contributed by atoms with van der Waals surface area (Å²) in [5, 5.41) is 0. The van der Waals surface area contributed by atoms with Crippen molar-refractivity contribution in [1.82, 2.24) is 0 Å². The first-order valence-electron chi connectivity index (χ1n) is 14.4. The molecule has 2 heterocycles. The molecular formula is C33H35FO7S. The van der Waals surface area contributed by atoms with Gasteiger partial charge in [-0.15, -0.1) is 0 Å². The molecule has 222 valence electrons. The fraction of sp³-hybridized carbons (Fsp3) is 0.424. The van der Waals surface area contributed by atoms with Crippen molar-refractivity contribution in [2.24, 2.45) is 5.92 Å². The maximum Gasteiger partial charge on any atom is 0.306 e. The van der Waals surface area contributed by atoms with Gasteiger partial charge in [-0.3, -0.25) is 4.79 Å². The Morgan fingerprint density at radius 2 is 1.83 bits per heavy atom. The summed E-state index contributed by atoms with van der Waals surface area (Å²) in [7, 11) is -1.57. The van der Waals surface area contributed by atoms with E-state index in [2.05, 4.69) is 0 Å². The van der Waals surface area contributed by atoms with E-state index in [1.165, 1.54) is 13.2 Å². The number of methoxy groups -OCH3 is 1. The van der Waals surface area contributed by atoms with E-state index in [4.69, 9.17) is 18.9 Å². The van der Waals surface area contributed by atoms with Gasteiger partial charge in [-0.1, -0.05) is 12.1 Å². The smallest absolute Gasteiger partial charge is 0.306 e. The van der Waals surface area contributed by atoms with Gasteiger partial charge in [0.15, 0.2) is 9.84 Å². The SMILES string of the molecule is COC(=O)C[C@@H]1COc2cc(O[C@@H]3CCc4c(-c5c(C)cc(OCC6CCS(=O)(=O)C6)cc5C)ccc(F)c43)ccc21. The van der Waals surface area contributed by atoms with E-state index < -0.39 is 15.9 Å². The van der Waals surface area contributed by atoms with Crippen LogP contribution in [0.15, 0.2) is 42.5 Å². The quantitative estimate of drug-likeness (QED) is 0.295. The molecule has 7 nitrogen and oxygen atoms in total. The lowest BCUT2D eigenvalue weighted by Crippen LogP contribution is -2.13. The Morgan fingerprint density at radius 1 is 1.05 bits per heavy atom. The second-order valence-electron chi connectivity index (χ2n) is 11.6. The molecule has 0 saturated carbocycles. The summed E-state index contributed by atoms with van der Waals surface area (Å²) in [6.07, 6.45) is 1.79. The van der Waals surface area contributed by atoms with Gasteiger partial charge in [0.2, 0.25) is 0 Å². The lowest BCUT2D eigenvalue weighted by molar-refractivity contribution is -0.141. The topological polar surface area (TPSA) is 88.1 Å². The van der Waals surface area contributed by atoms with E-state index in [0.717, 1.165) is 33.4 Å². The Labute approximate surface area is 245 Å². The zero-order chi connectivity index (χ0) is 29.6. The zero-order valence-electron chi connectivity index (χ0n) is 24.1. The van der Waals surface area contributed by atoms with Crippen LogP contribution in [0.3, 0.4) is 0 Å². The van der Waals surface area contributed by atoms with E-state index >= 15 is 4.39 Å². The highest BCUT2D eigenvalue weighted by molar-refractivity contribution is 7.91. The predicted octanol–water partition coefficient (Wildman–Crippen LogP) is 6.03. The van der Waals surface area contributed by atoms with Crippen molar-refractivity contribution in [2.45, 2.75) is 51.6 Å². The summed E-state index contributed by atoms with van der Waals surface area (Å²) < 4.78 is 61.9. The van der Waals surface area contributed by atoms with E-state index in [9.17, 15) is 13.2 Å². The number of hydrogen-bond acceptors (Lipinski definition) is 7. The molecule has 9 heteroatoms. The summed E-state index contributed by atoms with van der Waals surface area (Å²) in [5.41, 5.74) is 6.54. The Hall–Kier alpha value is -3.59. The number of halogens is 1. The molecule has 6 rings (SSSR count). The summed E-state index contributed by atoms with van der Waals surface area (Å²) >= 11 is 0. The molecule has 2 aliphatic heterocycles. The number of fused-ring (bicyclic) bond motifs is 2. The van der Waals surface area contributed by atoms with Crippen LogP contribution >= 0.6 is 0 Å². The van der Waals surface area contributed by atoms with Crippen LogP contribution in [0, 0.1) is 25.6 Å². The maximum atomic E-state index is 15.3. The molecule has 0 N–H and O–H groups in total. The molecule has 0 spiro atoms. The third kappa shape index (κ3) is 5.59. The molecule has 42 heavy (non-hydrogen) atoms. The Balaban J connectivity index is 1.21. The van der Waals surface area contributed by atoms with Crippen molar-refractivity contribution in [1.29, 1.82) is 0 Å². The molecule has 3 aliphatic rings. The number of carbonyl (C=O) groups is 1. The number of aryl methyl sites for hydroxylation is 2. The summed E-state index contributed by atoms with van der Waals surface area (Å²) in [6, 6.07) is 12.9. The van der Waals surface area contributed by atoms with Gasteiger partial charge in [0.1, 0.15) is 29.2 Å². The van der Waals surface area contributed by atoms with Crippen molar-refractivity contribution in [3.8, 4) is 28.4 Å². The molecular weight excluding hydrogens is 559 g/mol. The van der Waals surface area contributed by atoms with Crippen LogP contribution in [0.1, 0.15) is 59.1 Å². The maximum absolute atomic E-state index is 15.3. The molecule has 0 bridgehead atoms. The molecule has 1 aliphatic carbocycles. The number of hydrogen-bond donors (Lipinski definition) is 0. The first-order valence-corrected chi connectivity index (χ1v) is 16.2. The average Bonchev–Trinajstić information content (AvgIpc) is 3.65. The molecule has 3 atom stereocenters. The standard InChI is InChI=1S/C33H35FO7S/c1-19-12-24(39-16-21-10-11-42(36,37)18-21)13-20(2)32(19)26-6-8-28(34)33-27(26)7-9-29(33)41-23-4-5-25-22(14-31(35)38-3)17-40-30(25)15-23/h4-6,8,12-13,15,21-22,29H,7,9-11,14,16-18H2,1-3H3/t21?,22-,29-/m1/s1. The van der Waals surface area contributed by atoms with Crippen molar-refractivity contribution in [2.75, 3.05) is 31.8 Å². The second-order valence-corrected chi connectivity index (χ2v) is 13.9. The van der Waals surface area contributed by atoms with E-state index in [1.54, 1.807) is 0 Å². The van der Waals surface area contributed by atoms with Crippen molar-refractivity contribution in [3.63, 3.8) is 0 Å². The number of benzene rings is 3. The van der Waals surface area contributed by atoms with E-state index in [0.29, 0.717) is 55.3 Å². The lowest BCUT2D eigenvalue weighted by atomic mass is 9.90. The first-order chi connectivity index (χ1) is 20.1. The van der Waals surface area contributed by atoms with Gasteiger partial charge in [-0.2, -0.15) is 0 Å². The monoisotopic (exact) mass is 594 g/mol. The van der Waals surface area contributed by atoms with Gasteiger partial charge in [-0.25, -0.2) is 12.8 Å². The van der Waals surface area contributed by atoms with Crippen molar-refractivity contribution < 1.29 is 36.6 Å². The van der Waals surface area contributed by atoms with Crippen molar-refractivity contribution >= 4 is 15.8 Å². The average molecular weight is 595 g/mol. The van der Waals surface area contributed by atoms with Gasteiger partial charge in [0.25, 0.3) is 0 Å². The number of carbonyl (C=O) groups excluding carboxylic acids is 1. The predicted molar refractivity (Wildman–Crippen MR) is 157 cm³/mol. The van der Waals surface area contributed by atoms with Gasteiger partial charge in [0, 0.05) is 29.0 Å². The fourth-order valence-corrected chi connectivity index (χ4v) is 8.46. The summed E-state index contributed by atoms with van der Waals surface area (Å²) in [6.45, 7) is 4.82. The molecule has 0 radical (unpaired) electrons. The van der Waals surface area contributed by atoms with Gasteiger partial charge in [-0.05, 0) is 85.2 Å². The molecule has 3 aromatic carbocycles. The minimum Gasteiger partial charge on any atom is -0.493 e. The van der Waals surface area contributed by atoms with Crippen LogP contribution < -0.4 is 14.2 Å². The van der Waals surface area contributed by atoms with E-state index in [1.807, 2.05) is 50.2 Å². The van der Waals surface area contributed by atoms with E-state index in [-0.39, 0.29) is 41.5 Å². The molecule has 0 amide bonds.